The van der Waals surface area contributed by atoms with Crippen LogP contribution in [0.3, 0.4) is 0 Å². The van der Waals surface area contributed by atoms with Gasteiger partial charge in [0, 0.05) is 27.8 Å². The fraction of sp³-hybridized carbons (Fsp3) is 0.0800. The summed E-state index contributed by atoms with van der Waals surface area (Å²) in [6, 6.07) is 59.6. The first kappa shape index (κ1) is 31.6. The molecular weight excluding hydrogens is 631 g/mol. The Morgan fingerprint density at radius 2 is 0.827 bits per heavy atom. The largest absolute Gasteiger partial charge is 0.456 e. The SMILES string of the molecule is Cc1cc(C)cc(-c2ccc(N(c3ccc(-c4cc(C)cc(C)c4)cc3)c3ccc(-c4cccc5oc6cc7ccccc7cc6c45)cc3)cc2)c1. The number of aryl methyl sites for hydroxylation is 4. The summed E-state index contributed by atoms with van der Waals surface area (Å²) < 4.78 is 6.40. The van der Waals surface area contributed by atoms with Crippen LogP contribution in [0, 0.1) is 27.7 Å². The van der Waals surface area contributed by atoms with Crippen molar-refractivity contribution in [2.24, 2.45) is 0 Å². The fourth-order valence-electron chi connectivity index (χ4n) is 7.88. The molecule has 0 saturated heterocycles. The molecule has 8 aromatic carbocycles. The Morgan fingerprint density at radius 1 is 0.365 bits per heavy atom. The van der Waals surface area contributed by atoms with Gasteiger partial charge in [0.25, 0.3) is 0 Å². The molecule has 0 fully saturated rings. The molecule has 0 bridgehead atoms. The highest BCUT2D eigenvalue weighted by molar-refractivity contribution is 6.15. The number of rotatable bonds is 6. The number of hydrogen-bond acceptors (Lipinski definition) is 2. The minimum Gasteiger partial charge on any atom is -0.456 e. The maximum absolute atomic E-state index is 6.40. The predicted octanol–water partition coefficient (Wildman–Crippen LogP) is 14.4. The topological polar surface area (TPSA) is 16.4 Å². The highest BCUT2D eigenvalue weighted by atomic mass is 16.3. The Bertz CT molecular complexity index is 2620. The molecule has 0 amide bonds. The molecule has 0 aliphatic carbocycles. The molecule has 52 heavy (non-hydrogen) atoms. The lowest BCUT2D eigenvalue weighted by atomic mass is 9.97. The lowest BCUT2D eigenvalue weighted by molar-refractivity contribution is 0.669. The molecule has 0 N–H and O–H groups in total. The number of anilines is 3. The molecule has 1 heterocycles. The van der Waals surface area contributed by atoms with E-state index in [2.05, 4.69) is 196 Å². The lowest BCUT2D eigenvalue weighted by Crippen LogP contribution is -2.09. The molecule has 1 aromatic heterocycles. The van der Waals surface area contributed by atoms with E-state index in [4.69, 9.17) is 4.42 Å². The zero-order chi connectivity index (χ0) is 35.3. The van der Waals surface area contributed by atoms with Crippen LogP contribution in [0.25, 0.3) is 66.1 Å². The molecule has 9 aromatic rings. The highest BCUT2D eigenvalue weighted by Crippen LogP contribution is 2.41. The van der Waals surface area contributed by atoms with E-state index in [1.807, 2.05) is 0 Å². The Kier molecular flexibility index (Phi) is 7.74. The summed E-state index contributed by atoms with van der Waals surface area (Å²) >= 11 is 0. The van der Waals surface area contributed by atoms with Crippen LogP contribution >= 0.6 is 0 Å². The van der Waals surface area contributed by atoms with Crippen molar-refractivity contribution in [2.45, 2.75) is 27.7 Å². The summed E-state index contributed by atoms with van der Waals surface area (Å²) in [7, 11) is 0. The monoisotopic (exact) mass is 669 g/mol. The zero-order valence-corrected chi connectivity index (χ0v) is 29.9. The Balaban J connectivity index is 1.13. The van der Waals surface area contributed by atoms with Crippen molar-refractivity contribution in [1.82, 2.24) is 0 Å². The van der Waals surface area contributed by atoms with Gasteiger partial charge in [0.05, 0.1) is 0 Å². The van der Waals surface area contributed by atoms with E-state index in [1.54, 1.807) is 0 Å². The van der Waals surface area contributed by atoms with Crippen molar-refractivity contribution in [3.05, 3.63) is 186 Å². The molecule has 0 unspecified atom stereocenters. The number of benzene rings is 8. The van der Waals surface area contributed by atoms with Gasteiger partial charge < -0.3 is 9.32 Å². The first-order valence-electron chi connectivity index (χ1n) is 18.0. The molecule has 2 heteroatoms. The first-order valence-corrected chi connectivity index (χ1v) is 18.0. The Labute approximate surface area is 305 Å². The van der Waals surface area contributed by atoms with E-state index in [-0.39, 0.29) is 0 Å². The molecule has 2 nitrogen and oxygen atoms in total. The quantitative estimate of drug-likeness (QED) is 0.175. The van der Waals surface area contributed by atoms with Gasteiger partial charge >= 0.3 is 0 Å². The highest BCUT2D eigenvalue weighted by Gasteiger charge is 2.17. The third-order valence-corrected chi connectivity index (χ3v) is 10.2. The molecule has 0 saturated carbocycles. The van der Waals surface area contributed by atoms with Crippen LogP contribution in [0.2, 0.25) is 0 Å². The second-order valence-electron chi connectivity index (χ2n) is 14.2. The first-order chi connectivity index (χ1) is 25.4. The molecule has 0 atom stereocenters. The second kappa shape index (κ2) is 12.7. The van der Waals surface area contributed by atoms with Crippen molar-refractivity contribution in [3.63, 3.8) is 0 Å². The summed E-state index contributed by atoms with van der Waals surface area (Å²) in [5, 5.41) is 4.69. The predicted molar refractivity (Wildman–Crippen MR) is 221 cm³/mol. The molecule has 250 valence electrons. The van der Waals surface area contributed by atoms with E-state index in [1.165, 1.54) is 60.8 Å². The smallest absolute Gasteiger partial charge is 0.136 e. The molecule has 0 radical (unpaired) electrons. The summed E-state index contributed by atoms with van der Waals surface area (Å²) in [4.78, 5) is 2.35. The summed E-state index contributed by atoms with van der Waals surface area (Å²) in [6.45, 7) is 8.65. The van der Waals surface area contributed by atoms with Gasteiger partial charge in [0.1, 0.15) is 11.2 Å². The normalized spacial score (nSPS) is 11.5. The third-order valence-electron chi connectivity index (χ3n) is 10.2. The minimum atomic E-state index is 0.904. The Morgan fingerprint density at radius 3 is 1.33 bits per heavy atom. The molecule has 0 spiro atoms. The van der Waals surface area contributed by atoms with E-state index in [0.717, 1.165) is 44.6 Å². The van der Waals surface area contributed by atoms with Crippen LogP contribution in [0.15, 0.2) is 168 Å². The van der Waals surface area contributed by atoms with Gasteiger partial charge in [-0.15, -0.1) is 0 Å². The number of fused-ring (bicyclic) bond motifs is 4. The average Bonchev–Trinajstić information content (AvgIpc) is 3.52. The maximum Gasteiger partial charge on any atom is 0.136 e. The third kappa shape index (κ3) is 5.83. The van der Waals surface area contributed by atoms with Gasteiger partial charge in [0.15, 0.2) is 0 Å². The van der Waals surface area contributed by atoms with Crippen LogP contribution in [-0.4, -0.2) is 0 Å². The minimum absolute atomic E-state index is 0.904. The molecule has 9 rings (SSSR count). The molecule has 0 aliphatic rings. The number of furan rings is 1. The second-order valence-corrected chi connectivity index (χ2v) is 14.2. The van der Waals surface area contributed by atoms with Crippen molar-refractivity contribution in [3.8, 4) is 33.4 Å². The van der Waals surface area contributed by atoms with Gasteiger partial charge in [0.2, 0.25) is 0 Å². The number of nitrogens with zero attached hydrogens (tertiary/aromatic N) is 1. The average molecular weight is 670 g/mol. The summed E-state index contributed by atoms with van der Waals surface area (Å²) in [6.07, 6.45) is 0. The number of hydrogen-bond donors (Lipinski definition) is 0. The standard InChI is InChI=1S/C50H39NO/c1-32-24-33(2)27-41(26-32)36-12-18-43(19-13-36)51(44-20-14-37(15-21-44)42-28-34(3)25-35(4)29-42)45-22-16-38(17-23-45)46-10-7-11-48-50(46)47-30-39-8-5-6-9-40(39)31-49(47)52-48/h5-31H,1-4H3. The van der Waals surface area contributed by atoms with Crippen molar-refractivity contribution in [2.75, 3.05) is 4.90 Å². The summed E-state index contributed by atoms with van der Waals surface area (Å²) in [5.41, 5.74) is 17.5. The maximum atomic E-state index is 6.40. The van der Waals surface area contributed by atoms with Crippen molar-refractivity contribution < 1.29 is 4.42 Å². The van der Waals surface area contributed by atoms with E-state index in [9.17, 15) is 0 Å². The van der Waals surface area contributed by atoms with Crippen LogP contribution in [0.5, 0.6) is 0 Å². The van der Waals surface area contributed by atoms with Gasteiger partial charge in [-0.3, -0.25) is 0 Å². The van der Waals surface area contributed by atoms with Crippen LogP contribution in [-0.2, 0) is 0 Å². The van der Waals surface area contributed by atoms with Crippen LogP contribution in [0.4, 0.5) is 17.1 Å². The zero-order valence-electron chi connectivity index (χ0n) is 29.9. The van der Waals surface area contributed by atoms with Gasteiger partial charge in [-0.1, -0.05) is 131 Å². The van der Waals surface area contributed by atoms with Crippen molar-refractivity contribution in [1.29, 1.82) is 0 Å². The van der Waals surface area contributed by atoms with Gasteiger partial charge in [-0.25, -0.2) is 0 Å². The van der Waals surface area contributed by atoms with Gasteiger partial charge in [-0.2, -0.15) is 0 Å². The van der Waals surface area contributed by atoms with Crippen molar-refractivity contribution >= 4 is 49.8 Å². The Hall–Kier alpha value is -6.38. The fourth-order valence-corrected chi connectivity index (χ4v) is 7.88. The lowest BCUT2D eigenvalue weighted by Gasteiger charge is -2.26. The molecule has 0 aliphatic heterocycles. The van der Waals surface area contributed by atoms with Gasteiger partial charge in [-0.05, 0) is 126 Å². The van der Waals surface area contributed by atoms with E-state index >= 15 is 0 Å². The van der Waals surface area contributed by atoms with Crippen LogP contribution in [0.1, 0.15) is 22.3 Å². The van der Waals surface area contributed by atoms with Crippen LogP contribution < -0.4 is 4.90 Å². The molecular formula is C50H39NO. The van der Waals surface area contributed by atoms with E-state index < -0.39 is 0 Å². The van der Waals surface area contributed by atoms with E-state index in [0.29, 0.717) is 0 Å². The summed E-state index contributed by atoms with van der Waals surface area (Å²) in [5.74, 6) is 0.